The highest BCUT2D eigenvalue weighted by Gasteiger charge is 2.37. The Bertz CT molecular complexity index is 798. The number of carbonyl (C=O) groups is 2. The zero-order valence-corrected chi connectivity index (χ0v) is 15.3. The number of amides is 1. The highest BCUT2D eigenvalue weighted by Crippen LogP contribution is 2.26. The van der Waals surface area contributed by atoms with Crippen LogP contribution in [0.3, 0.4) is 0 Å². The molecule has 7 nitrogen and oxygen atoms in total. The quantitative estimate of drug-likeness (QED) is 0.766. The highest BCUT2D eigenvalue weighted by molar-refractivity contribution is 5.97. The smallest absolute Gasteiger partial charge is 0.329 e. The van der Waals surface area contributed by atoms with Gasteiger partial charge in [0.15, 0.2) is 0 Å². The summed E-state index contributed by atoms with van der Waals surface area (Å²) in [5, 5.41) is 0. The summed E-state index contributed by atoms with van der Waals surface area (Å²) in [5.74, 6) is 0.0357. The molecule has 1 atom stereocenters. The zero-order valence-electron chi connectivity index (χ0n) is 15.3. The molecule has 2 aromatic rings. The summed E-state index contributed by atoms with van der Waals surface area (Å²) in [6.45, 7) is 3.25. The number of esters is 1. The predicted octanol–water partition coefficient (Wildman–Crippen LogP) is 2.04. The fraction of sp³-hybridized carbons (Fsp3) is 0.421. The SMILES string of the molecule is CCCn1cnc2c1CN(C(=O)c1ccc(OC)cc1)C(C(=O)OC)C2. The molecule has 7 heteroatoms. The van der Waals surface area contributed by atoms with Gasteiger partial charge in [-0.1, -0.05) is 6.92 Å². The van der Waals surface area contributed by atoms with Gasteiger partial charge in [-0.2, -0.15) is 0 Å². The Morgan fingerprint density at radius 3 is 2.58 bits per heavy atom. The minimum Gasteiger partial charge on any atom is -0.497 e. The van der Waals surface area contributed by atoms with Crippen LogP contribution in [-0.2, 0) is 29.0 Å². The van der Waals surface area contributed by atoms with Gasteiger partial charge in [0.2, 0.25) is 0 Å². The lowest BCUT2D eigenvalue weighted by Gasteiger charge is -2.34. The van der Waals surface area contributed by atoms with Crippen molar-refractivity contribution in [3.63, 3.8) is 0 Å². The number of nitrogens with zero attached hydrogens (tertiary/aromatic N) is 3. The van der Waals surface area contributed by atoms with E-state index in [0.29, 0.717) is 24.3 Å². The highest BCUT2D eigenvalue weighted by atomic mass is 16.5. The Morgan fingerprint density at radius 1 is 1.23 bits per heavy atom. The first-order chi connectivity index (χ1) is 12.6. The average Bonchev–Trinajstić information content (AvgIpc) is 3.08. The molecule has 1 unspecified atom stereocenters. The normalized spacial score (nSPS) is 16.1. The number of ether oxygens (including phenoxy) is 2. The number of imidazole rings is 1. The average molecular weight is 357 g/mol. The van der Waals surface area contributed by atoms with Crippen molar-refractivity contribution in [1.82, 2.24) is 14.5 Å². The maximum absolute atomic E-state index is 13.1. The van der Waals surface area contributed by atoms with E-state index in [1.54, 1.807) is 42.6 Å². The number of hydrogen-bond acceptors (Lipinski definition) is 5. The molecule has 3 rings (SSSR count). The van der Waals surface area contributed by atoms with Crippen LogP contribution < -0.4 is 4.74 Å². The number of fused-ring (bicyclic) bond motifs is 1. The van der Waals surface area contributed by atoms with Crippen molar-refractivity contribution in [2.24, 2.45) is 0 Å². The van der Waals surface area contributed by atoms with Crippen molar-refractivity contribution in [1.29, 1.82) is 0 Å². The summed E-state index contributed by atoms with van der Waals surface area (Å²) >= 11 is 0. The first-order valence-electron chi connectivity index (χ1n) is 8.64. The fourth-order valence-corrected chi connectivity index (χ4v) is 3.26. The largest absolute Gasteiger partial charge is 0.497 e. The van der Waals surface area contributed by atoms with Gasteiger partial charge in [0.25, 0.3) is 5.91 Å². The van der Waals surface area contributed by atoms with Gasteiger partial charge in [-0.3, -0.25) is 4.79 Å². The number of rotatable bonds is 5. The van der Waals surface area contributed by atoms with E-state index in [9.17, 15) is 9.59 Å². The molecule has 0 saturated heterocycles. The van der Waals surface area contributed by atoms with E-state index in [-0.39, 0.29) is 5.91 Å². The monoisotopic (exact) mass is 357 g/mol. The van der Waals surface area contributed by atoms with Crippen LogP contribution in [0.1, 0.15) is 35.1 Å². The first kappa shape index (κ1) is 18.0. The van der Waals surface area contributed by atoms with E-state index >= 15 is 0 Å². The Labute approximate surface area is 152 Å². The van der Waals surface area contributed by atoms with Gasteiger partial charge in [-0.15, -0.1) is 0 Å². The molecule has 2 heterocycles. The van der Waals surface area contributed by atoms with E-state index < -0.39 is 12.0 Å². The summed E-state index contributed by atoms with van der Waals surface area (Å²) in [6, 6.07) is 6.20. The van der Waals surface area contributed by atoms with Gasteiger partial charge in [0.05, 0.1) is 38.5 Å². The molecule has 1 aliphatic rings. The number of aromatic nitrogens is 2. The Morgan fingerprint density at radius 2 is 1.96 bits per heavy atom. The van der Waals surface area contributed by atoms with Crippen LogP contribution >= 0.6 is 0 Å². The van der Waals surface area contributed by atoms with Crippen LogP contribution in [0.15, 0.2) is 30.6 Å². The molecule has 1 amide bonds. The van der Waals surface area contributed by atoms with E-state index in [2.05, 4.69) is 16.5 Å². The topological polar surface area (TPSA) is 73.7 Å². The van der Waals surface area contributed by atoms with Crippen LogP contribution in [0.4, 0.5) is 0 Å². The summed E-state index contributed by atoms with van der Waals surface area (Å²) in [5.41, 5.74) is 2.34. The lowest BCUT2D eigenvalue weighted by atomic mass is 10.0. The number of hydrogen-bond donors (Lipinski definition) is 0. The third kappa shape index (κ3) is 3.29. The molecule has 0 aliphatic carbocycles. The van der Waals surface area contributed by atoms with Crippen molar-refractivity contribution in [2.45, 2.75) is 38.9 Å². The second-order valence-corrected chi connectivity index (χ2v) is 6.24. The molecule has 1 aromatic carbocycles. The van der Waals surface area contributed by atoms with E-state index in [4.69, 9.17) is 9.47 Å². The molecule has 1 aliphatic heterocycles. The van der Waals surface area contributed by atoms with Gasteiger partial charge >= 0.3 is 5.97 Å². The number of carbonyl (C=O) groups excluding carboxylic acids is 2. The lowest BCUT2D eigenvalue weighted by molar-refractivity contribution is -0.146. The molecule has 1 aromatic heterocycles. The van der Waals surface area contributed by atoms with Gasteiger partial charge in [-0.05, 0) is 30.7 Å². The Hall–Kier alpha value is -2.83. The predicted molar refractivity (Wildman–Crippen MR) is 94.9 cm³/mol. The molecule has 0 spiro atoms. The van der Waals surface area contributed by atoms with Crippen molar-refractivity contribution in [3.8, 4) is 5.75 Å². The second kappa shape index (κ2) is 7.59. The van der Waals surface area contributed by atoms with E-state index in [1.165, 1.54) is 7.11 Å². The maximum atomic E-state index is 13.1. The van der Waals surface area contributed by atoms with Gasteiger partial charge in [0, 0.05) is 18.5 Å². The molecule has 138 valence electrons. The van der Waals surface area contributed by atoms with Crippen LogP contribution in [0.2, 0.25) is 0 Å². The molecular weight excluding hydrogens is 334 g/mol. The summed E-state index contributed by atoms with van der Waals surface area (Å²) in [4.78, 5) is 31.4. The summed E-state index contributed by atoms with van der Waals surface area (Å²) in [7, 11) is 2.91. The number of aryl methyl sites for hydroxylation is 1. The van der Waals surface area contributed by atoms with E-state index in [0.717, 1.165) is 24.4 Å². The molecule has 0 saturated carbocycles. The molecule has 0 bridgehead atoms. The van der Waals surface area contributed by atoms with Crippen molar-refractivity contribution < 1.29 is 19.1 Å². The van der Waals surface area contributed by atoms with Gasteiger partial charge in [-0.25, -0.2) is 9.78 Å². The van der Waals surface area contributed by atoms with Crippen LogP contribution in [0.25, 0.3) is 0 Å². The minimum atomic E-state index is -0.674. The van der Waals surface area contributed by atoms with Crippen molar-refractivity contribution in [2.75, 3.05) is 14.2 Å². The third-order valence-corrected chi connectivity index (χ3v) is 4.65. The van der Waals surface area contributed by atoms with E-state index in [1.807, 2.05) is 0 Å². The first-order valence-corrected chi connectivity index (χ1v) is 8.64. The number of benzene rings is 1. The molecule has 0 N–H and O–H groups in total. The molecule has 0 fully saturated rings. The van der Waals surface area contributed by atoms with Gasteiger partial charge < -0.3 is 18.9 Å². The molecular formula is C19H23N3O4. The van der Waals surface area contributed by atoms with Gasteiger partial charge in [0.1, 0.15) is 11.8 Å². The standard InChI is InChI=1S/C19H23N3O4/c1-4-9-21-12-20-15-10-16(19(24)26-3)22(11-17(15)21)18(23)13-5-7-14(25-2)8-6-13/h5-8,12,16H,4,9-11H2,1-3H3. The lowest BCUT2D eigenvalue weighted by Crippen LogP contribution is -2.49. The number of methoxy groups -OCH3 is 2. The molecule has 0 radical (unpaired) electrons. The minimum absolute atomic E-state index is 0.210. The Balaban J connectivity index is 1.93. The van der Waals surface area contributed by atoms with Crippen molar-refractivity contribution >= 4 is 11.9 Å². The zero-order chi connectivity index (χ0) is 18.7. The van der Waals surface area contributed by atoms with Crippen LogP contribution in [0, 0.1) is 0 Å². The summed E-state index contributed by atoms with van der Waals surface area (Å²) < 4.78 is 12.1. The summed E-state index contributed by atoms with van der Waals surface area (Å²) in [6.07, 6.45) is 3.11. The third-order valence-electron chi connectivity index (χ3n) is 4.65. The van der Waals surface area contributed by atoms with Crippen LogP contribution in [-0.4, -0.2) is 46.6 Å². The maximum Gasteiger partial charge on any atom is 0.329 e. The second-order valence-electron chi connectivity index (χ2n) is 6.24. The van der Waals surface area contributed by atoms with Crippen LogP contribution in [0.5, 0.6) is 5.75 Å². The Kier molecular flexibility index (Phi) is 5.25. The van der Waals surface area contributed by atoms with Crippen molar-refractivity contribution in [3.05, 3.63) is 47.5 Å². The fourth-order valence-electron chi connectivity index (χ4n) is 3.26. The molecule has 26 heavy (non-hydrogen) atoms.